The van der Waals surface area contributed by atoms with Crippen LogP contribution in [0.2, 0.25) is 5.02 Å². The Balaban J connectivity index is 1.60. The molecule has 1 saturated carbocycles. The Kier molecular flexibility index (Phi) is 5.73. The molecule has 156 valence electrons. The number of rotatable bonds is 5. The Morgan fingerprint density at radius 1 is 1.03 bits per heavy atom. The van der Waals surface area contributed by atoms with Gasteiger partial charge in [-0.3, -0.25) is 4.79 Å². The van der Waals surface area contributed by atoms with Gasteiger partial charge in [0.25, 0.3) is 5.91 Å². The number of carbonyl (C=O) groups is 1. The molecule has 2 aliphatic rings. The van der Waals surface area contributed by atoms with Crippen LogP contribution in [0.5, 0.6) is 0 Å². The van der Waals surface area contributed by atoms with Crippen LogP contribution in [-0.4, -0.2) is 37.3 Å². The lowest BCUT2D eigenvalue weighted by molar-refractivity contribution is 0.0787. The highest BCUT2D eigenvalue weighted by Crippen LogP contribution is 2.39. The number of halogens is 1. The quantitative estimate of drug-likeness (QED) is 0.743. The second-order valence-corrected chi connectivity index (χ2v) is 10.1. The van der Waals surface area contributed by atoms with Crippen LogP contribution in [0.3, 0.4) is 0 Å². The SMILES string of the molecule is O=C(c1cc(S(=O)(=O)NC2(c3ccc(Cl)cc3)CCCCC2)c[nH]1)N1CCCC1. The summed E-state index contributed by atoms with van der Waals surface area (Å²) in [4.78, 5) is 17.3. The standard InChI is InChI=1S/C21H26ClN3O3S/c22-17-8-6-16(7-9-17)21(10-2-1-3-11-21)24-29(27,28)18-14-19(23-15-18)20(26)25-12-4-5-13-25/h6-9,14-15,23-24H,1-5,10-13H2. The van der Waals surface area contributed by atoms with Crippen molar-refractivity contribution < 1.29 is 13.2 Å². The fraction of sp³-hybridized carbons (Fsp3) is 0.476. The van der Waals surface area contributed by atoms with Crippen LogP contribution in [0.15, 0.2) is 41.4 Å². The van der Waals surface area contributed by atoms with Crippen LogP contribution in [0.4, 0.5) is 0 Å². The van der Waals surface area contributed by atoms with Crippen molar-refractivity contribution in [1.29, 1.82) is 0 Å². The second kappa shape index (κ2) is 8.13. The van der Waals surface area contributed by atoms with E-state index in [4.69, 9.17) is 11.6 Å². The predicted molar refractivity (Wildman–Crippen MR) is 112 cm³/mol. The van der Waals surface area contributed by atoms with E-state index in [0.29, 0.717) is 10.7 Å². The van der Waals surface area contributed by atoms with Gasteiger partial charge in [-0.05, 0) is 49.4 Å². The minimum atomic E-state index is -3.80. The summed E-state index contributed by atoms with van der Waals surface area (Å²) in [5.74, 6) is -0.144. The van der Waals surface area contributed by atoms with E-state index < -0.39 is 15.6 Å². The van der Waals surface area contributed by atoms with E-state index >= 15 is 0 Å². The van der Waals surface area contributed by atoms with Gasteiger partial charge < -0.3 is 9.88 Å². The van der Waals surface area contributed by atoms with E-state index in [1.54, 1.807) is 17.0 Å². The second-order valence-electron chi connectivity index (χ2n) is 8.00. The van der Waals surface area contributed by atoms with Crippen LogP contribution in [0.25, 0.3) is 0 Å². The molecule has 2 aromatic rings. The van der Waals surface area contributed by atoms with Crippen molar-refractivity contribution >= 4 is 27.5 Å². The Morgan fingerprint density at radius 3 is 2.34 bits per heavy atom. The van der Waals surface area contributed by atoms with Crippen LogP contribution in [0.1, 0.15) is 61.0 Å². The lowest BCUT2D eigenvalue weighted by Crippen LogP contribution is -2.47. The Bertz CT molecular complexity index is 973. The van der Waals surface area contributed by atoms with Crippen molar-refractivity contribution in [1.82, 2.24) is 14.6 Å². The first-order valence-corrected chi connectivity index (χ1v) is 12.0. The van der Waals surface area contributed by atoms with Gasteiger partial charge in [0.05, 0.1) is 5.54 Å². The molecule has 0 bridgehead atoms. The van der Waals surface area contributed by atoms with Crippen molar-refractivity contribution in [2.75, 3.05) is 13.1 Å². The maximum absolute atomic E-state index is 13.2. The van der Waals surface area contributed by atoms with Gasteiger partial charge in [0.1, 0.15) is 10.6 Å². The number of nitrogens with zero attached hydrogens (tertiary/aromatic N) is 1. The first kappa shape index (κ1) is 20.4. The average molecular weight is 436 g/mol. The van der Waals surface area contributed by atoms with Gasteiger partial charge in [-0.2, -0.15) is 0 Å². The maximum atomic E-state index is 13.2. The monoisotopic (exact) mass is 435 g/mol. The average Bonchev–Trinajstić information content (AvgIpc) is 3.41. The normalized spacial score (nSPS) is 19.4. The molecule has 4 rings (SSSR count). The molecule has 2 heterocycles. The van der Waals surface area contributed by atoms with Gasteiger partial charge in [-0.1, -0.05) is 43.0 Å². The first-order valence-electron chi connectivity index (χ1n) is 10.2. The topological polar surface area (TPSA) is 82.3 Å². The molecule has 2 fully saturated rings. The summed E-state index contributed by atoms with van der Waals surface area (Å²) in [6.45, 7) is 1.44. The predicted octanol–water partition coefficient (Wildman–Crippen LogP) is 4.04. The molecule has 0 spiro atoms. The largest absolute Gasteiger partial charge is 0.356 e. The number of H-pyrrole nitrogens is 1. The highest BCUT2D eigenvalue weighted by Gasteiger charge is 2.38. The highest BCUT2D eigenvalue weighted by molar-refractivity contribution is 7.89. The van der Waals surface area contributed by atoms with Crippen molar-refractivity contribution in [3.05, 3.63) is 52.8 Å². The smallest absolute Gasteiger partial charge is 0.270 e. The van der Waals surface area contributed by atoms with Crippen molar-refractivity contribution in [3.63, 3.8) is 0 Å². The molecule has 1 aromatic carbocycles. The first-order chi connectivity index (χ1) is 13.9. The van der Waals surface area contributed by atoms with E-state index in [-0.39, 0.29) is 10.8 Å². The lowest BCUT2D eigenvalue weighted by atomic mass is 9.77. The molecule has 1 saturated heterocycles. The van der Waals surface area contributed by atoms with E-state index in [1.807, 2.05) is 12.1 Å². The van der Waals surface area contributed by atoms with Crippen LogP contribution < -0.4 is 4.72 Å². The van der Waals surface area contributed by atoms with Crippen LogP contribution in [0, 0.1) is 0 Å². The van der Waals surface area contributed by atoms with E-state index in [2.05, 4.69) is 9.71 Å². The van der Waals surface area contributed by atoms with Crippen molar-refractivity contribution in [2.24, 2.45) is 0 Å². The van der Waals surface area contributed by atoms with E-state index in [1.165, 1.54) is 12.3 Å². The van der Waals surface area contributed by atoms with Crippen LogP contribution >= 0.6 is 11.6 Å². The minimum absolute atomic E-state index is 0.0963. The highest BCUT2D eigenvalue weighted by atomic mass is 35.5. The Hall–Kier alpha value is -1.83. The molecule has 1 aliphatic carbocycles. The zero-order valence-electron chi connectivity index (χ0n) is 16.3. The molecule has 1 amide bonds. The van der Waals surface area contributed by atoms with Gasteiger partial charge in [0.15, 0.2) is 0 Å². The van der Waals surface area contributed by atoms with Gasteiger partial charge in [-0.25, -0.2) is 13.1 Å². The number of aromatic amines is 1. The summed E-state index contributed by atoms with van der Waals surface area (Å²) in [6.07, 6.45) is 7.86. The third kappa shape index (κ3) is 4.22. The fourth-order valence-corrected chi connectivity index (χ4v) is 6.00. The summed E-state index contributed by atoms with van der Waals surface area (Å²) in [6, 6.07) is 8.84. The summed E-state index contributed by atoms with van der Waals surface area (Å²) in [5, 5.41) is 0.623. The number of hydrogen-bond donors (Lipinski definition) is 2. The number of amides is 1. The summed E-state index contributed by atoms with van der Waals surface area (Å²) >= 11 is 6.03. The summed E-state index contributed by atoms with van der Waals surface area (Å²) in [5.41, 5.74) is 0.587. The summed E-state index contributed by atoms with van der Waals surface area (Å²) in [7, 11) is -3.80. The number of aromatic nitrogens is 1. The number of benzene rings is 1. The van der Waals surface area contributed by atoms with Gasteiger partial charge >= 0.3 is 0 Å². The van der Waals surface area contributed by atoms with Gasteiger partial charge in [-0.15, -0.1) is 0 Å². The van der Waals surface area contributed by atoms with Crippen molar-refractivity contribution in [3.8, 4) is 0 Å². The number of hydrogen-bond acceptors (Lipinski definition) is 3. The molecule has 0 radical (unpaired) electrons. The third-order valence-electron chi connectivity index (χ3n) is 6.02. The third-order valence-corrected chi connectivity index (χ3v) is 7.79. The number of carbonyl (C=O) groups excluding carboxylic acids is 1. The molecule has 0 atom stereocenters. The Morgan fingerprint density at radius 2 is 1.69 bits per heavy atom. The number of nitrogens with one attached hydrogen (secondary N) is 2. The molecule has 2 N–H and O–H groups in total. The molecule has 29 heavy (non-hydrogen) atoms. The zero-order valence-corrected chi connectivity index (χ0v) is 17.9. The van der Waals surface area contributed by atoms with Crippen molar-refractivity contribution in [2.45, 2.75) is 55.4 Å². The van der Waals surface area contributed by atoms with Crippen LogP contribution in [-0.2, 0) is 15.6 Å². The molecule has 1 aliphatic heterocycles. The molecular formula is C21H26ClN3O3S. The number of sulfonamides is 1. The van der Waals surface area contributed by atoms with E-state index in [9.17, 15) is 13.2 Å². The molecule has 1 aromatic heterocycles. The Labute approximate surface area is 176 Å². The summed E-state index contributed by atoms with van der Waals surface area (Å²) < 4.78 is 29.4. The van der Waals surface area contributed by atoms with E-state index in [0.717, 1.165) is 63.6 Å². The molecule has 6 nitrogen and oxygen atoms in total. The lowest BCUT2D eigenvalue weighted by Gasteiger charge is -2.38. The van der Waals surface area contributed by atoms with Gasteiger partial charge in [0, 0.05) is 24.3 Å². The van der Waals surface area contributed by atoms with Gasteiger partial charge in [0.2, 0.25) is 10.0 Å². The molecular weight excluding hydrogens is 410 g/mol. The maximum Gasteiger partial charge on any atom is 0.270 e. The number of likely N-dealkylation sites (tertiary alicyclic amines) is 1. The minimum Gasteiger partial charge on any atom is -0.356 e. The molecule has 8 heteroatoms. The fourth-order valence-electron chi connectivity index (χ4n) is 4.43. The molecule has 0 unspecified atom stereocenters. The zero-order chi connectivity index (χ0) is 20.5.